The number of nitrogens with zero attached hydrogens (tertiary/aromatic N) is 1. The van der Waals surface area contributed by atoms with Gasteiger partial charge in [0.05, 0.1) is 0 Å². The highest BCUT2D eigenvalue weighted by Gasteiger charge is 2.21. The molecule has 108 valence electrons. The van der Waals surface area contributed by atoms with Crippen molar-refractivity contribution < 1.29 is 24.2 Å². The standard InChI is InChI=1S/C12H15N3O5/c13-10(16)2-1-9(11(17)18)15-12(19)20-7-8-3-5-14-6-4-8/h3-6,9H,1-2,7H2,(H2,13,16)(H,15,19)(H,17,18)/t9-/m0/s1. The van der Waals surface area contributed by atoms with E-state index in [1.54, 1.807) is 24.5 Å². The van der Waals surface area contributed by atoms with Gasteiger partial charge in [0.25, 0.3) is 0 Å². The van der Waals surface area contributed by atoms with Crippen LogP contribution in [-0.4, -0.2) is 34.1 Å². The average molecular weight is 281 g/mol. The Labute approximate surface area is 114 Å². The SMILES string of the molecule is NC(=O)CC[C@H](NC(=O)OCc1ccncc1)C(=O)O. The molecule has 1 atom stereocenters. The Morgan fingerprint density at radius 3 is 2.55 bits per heavy atom. The van der Waals surface area contributed by atoms with Crippen molar-refractivity contribution in [2.45, 2.75) is 25.5 Å². The molecule has 0 spiro atoms. The largest absolute Gasteiger partial charge is 0.480 e. The summed E-state index contributed by atoms with van der Waals surface area (Å²) >= 11 is 0. The molecule has 0 aromatic carbocycles. The number of carbonyl (C=O) groups is 3. The number of carboxylic acids is 1. The lowest BCUT2D eigenvalue weighted by atomic mass is 10.1. The molecule has 0 saturated heterocycles. The molecular formula is C12H15N3O5. The van der Waals surface area contributed by atoms with E-state index in [9.17, 15) is 14.4 Å². The van der Waals surface area contributed by atoms with E-state index in [1.165, 1.54) is 0 Å². The predicted molar refractivity (Wildman–Crippen MR) is 67.4 cm³/mol. The van der Waals surface area contributed by atoms with Gasteiger partial charge in [0.1, 0.15) is 12.6 Å². The van der Waals surface area contributed by atoms with Crippen LogP contribution in [0.5, 0.6) is 0 Å². The third kappa shape index (κ3) is 5.80. The van der Waals surface area contributed by atoms with Crippen molar-refractivity contribution in [3.8, 4) is 0 Å². The Morgan fingerprint density at radius 2 is 2.00 bits per heavy atom. The third-order valence-corrected chi connectivity index (χ3v) is 2.39. The number of carbonyl (C=O) groups excluding carboxylic acids is 2. The van der Waals surface area contributed by atoms with Crippen molar-refractivity contribution in [1.82, 2.24) is 10.3 Å². The molecule has 4 N–H and O–H groups in total. The topological polar surface area (TPSA) is 132 Å². The van der Waals surface area contributed by atoms with E-state index in [1.807, 2.05) is 0 Å². The molecule has 1 aromatic heterocycles. The van der Waals surface area contributed by atoms with Crippen LogP contribution in [-0.2, 0) is 20.9 Å². The van der Waals surface area contributed by atoms with Crippen molar-refractivity contribution in [3.05, 3.63) is 30.1 Å². The van der Waals surface area contributed by atoms with E-state index in [0.717, 1.165) is 5.56 Å². The van der Waals surface area contributed by atoms with E-state index in [4.69, 9.17) is 15.6 Å². The predicted octanol–water partition coefficient (Wildman–Crippen LogP) is 0.0265. The average Bonchev–Trinajstić information content (AvgIpc) is 2.41. The van der Waals surface area contributed by atoms with Crippen LogP contribution in [0.1, 0.15) is 18.4 Å². The maximum absolute atomic E-state index is 11.4. The number of alkyl carbamates (subject to hydrolysis) is 1. The normalized spacial score (nSPS) is 11.4. The van der Waals surface area contributed by atoms with Crippen LogP contribution in [0, 0.1) is 0 Å². The number of carboxylic acid groups (broad SMARTS) is 1. The molecule has 1 aromatic rings. The summed E-state index contributed by atoms with van der Waals surface area (Å²) in [4.78, 5) is 36.7. The van der Waals surface area contributed by atoms with Crippen LogP contribution in [0.2, 0.25) is 0 Å². The van der Waals surface area contributed by atoms with Crippen LogP contribution >= 0.6 is 0 Å². The zero-order valence-corrected chi connectivity index (χ0v) is 10.6. The lowest BCUT2D eigenvalue weighted by molar-refractivity contribution is -0.139. The zero-order valence-electron chi connectivity index (χ0n) is 10.6. The van der Waals surface area contributed by atoms with Crippen LogP contribution in [0.4, 0.5) is 4.79 Å². The number of hydrogen-bond donors (Lipinski definition) is 3. The van der Waals surface area contributed by atoms with Gasteiger partial charge in [-0.05, 0) is 24.1 Å². The summed E-state index contributed by atoms with van der Waals surface area (Å²) in [5.74, 6) is -1.89. The van der Waals surface area contributed by atoms with Crippen LogP contribution in [0.3, 0.4) is 0 Å². The number of amides is 2. The first-order valence-corrected chi connectivity index (χ1v) is 5.82. The highest BCUT2D eigenvalue weighted by molar-refractivity contribution is 5.81. The second-order valence-corrected chi connectivity index (χ2v) is 3.97. The van der Waals surface area contributed by atoms with Crippen LogP contribution < -0.4 is 11.1 Å². The highest BCUT2D eigenvalue weighted by atomic mass is 16.5. The van der Waals surface area contributed by atoms with Gasteiger partial charge in [-0.2, -0.15) is 0 Å². The Morgan fingerprint density at radius 1 is 1.35 bits per heavy atom. The fourth-order valence-electron chi connectivity index (χ4n) is 1.36. The molecule has 1 rings (SSSR count). The summed E-state index contributed by atoms with van der Waals surface area (Å²) in [6.45, 7) is -0.00346. The fourth-order valence-corrected chi connectivity index (χ4v) is 1.36. The first kappa shape index (κ1) is 15.4. The number of aromatic nitrogens is 1. The Hall–Kier alpha value is -2.64. The number of pyridine rings is 1. The quantitative estimate of drug-likeness (QED) is 0.645. The summed E-state index contributed by atoms with van der Waals surface area (Å²) in [6, 6.07) is 2.11. The summed E-state index contributed by atoms with van der Waals surface area (Å²) < 4.78 is 4.86. The van der Waals surface area contributed by atoms with Crippen molar-refractivity contribution in [2.24, 2.45) is 5.73 Å². The minimum atomic E-state index is -1.26. The van der Waals surface area contributed by atoms with Gasteiger partial charge >= 0.3 is 12.1 Å². The number of rotatable bonds is 7. The lowest BCUT2D eigenvalue weighted by Gasteiger charge is -2.13. The number of ether oxygens (including phenoxy) is 1. The first-order chi connectivity index (χ1) is 9.49. The van der Waals surface area contributed by atoms with Crippen molar-refractivity contribution >= 4 is 18.0 Å². The van der Waals surface area contributed by atoms with Gasteiger partial charge in [0.2, 0.25) is 5.91 Å². The summed E-state index contributed by atoms with van der Waals surface area (Å²) in [7, 11) is 0. The van der Waals surface area contributed by atoms with Gasteiger partial charge in [-0.3, -0.25) is 9.78 Å². The molecule has 0 bridgehead atoms. The monoisotopic (exact) mass is 281 g/mol. The van der Waals surface area contributed by atoms with Crippen molar-refractivity contribution in [3.63, 3.8) is 0 Å². The third-order valence-electron chi connectivity index (χ3n) is 2.39. The molecule has 2 amide bonds. The van der Waals surface area contributed by atoms with Gasteiger partial charge in [-0.1, -0.05) is 0 Å². The molecule has 8 nitrogen and oxygen atoms in total. The van der Waals surface area contributed by atoms with Gasteiger partial charge in [-0.25, -0.2) is 9.59 Å². The van der Waals surface area contributed by atoms with E-state index in [2.05, 4.69) is 10.3 Å². The smallest absolute Gasteiger partial charge is 0.408 e. The Bertz CT molecular complexity index is 477. The maximum Gasteiger partial charge on any atom is 0.408 e. The molecule has 0 aliphatic rings. The van der Waals surface area contributed by atoms with E-state index < -0.39 is 24.0 Å². The Kier molecular flexibility index (Phi) is 5.95. The van der Waals surface area contributed by atoms with Crippen LogP contribution in [0.15, 0.2) is 24.5 Å². The highest BCUT2D eigenvalue weighted by Crippen LogP contribution is 2.01. The first-order valence-electron chi connectivity index (χ1n) is 5.82. The van der Waals surface area contributed by atoms with Crippen LogP contribution in [0.25, 0.3) is 0 Å². The molecular weight excluding hydrogens is 266 g/mol. The van der Waals surface area contributed by atoms with Crippen molar-refractivity contribution in [2.75, 3.05) is 0 Å². The molecule has 0 fully saturated rings. The molecule has 8 heteroatoms. The second kappa shape index (κ2) is 7.72. The molecule has 0 radical (unpaired) electrons. The van der Waals surface area contributed by atoms with Gasteiger partial charge in [-0.15, -0.1) is 0 Å². The summed E-state index contributed by atoms with van der Waals surface area (Å²) in [5, 5.41) is 11.0. The number of hydrogen-bond acceptors (Lipinski definition) is 5. The molecule has 0 aliphatic carbocycles. The minimum absolute atomic E-state index is 0.00346. The zero-order chi connectivity index (χ0) is 15.0. The molecule has 20 heavy (non-hydrogen) atoms. The molecule has 0 unspecified atom stereocenters. The maximum atomic E-state index is 11.4. The number of primary amides is 1. The molecule has 1 heterocycles. The fraction of sp³-hybridized carbons (Fsp3) is 0.333. The van der Waals surface area contributed by atoms with E-state index >= 15 is 0 Å². The Balaban J connectivity index is 2.41. The van der Waals surface area contributed by atoms with E-state index in [-0.39, 0.29) is 19.4 Å². The molecule has 0 aliphatic heterocycles. The van der Waals surface area contributed by atoms with Crippen molar-refractivity contribution in [1.29, 1.82) is 0 Å². The van der Waals surface area contributed by atoms with Gasteiger partial charge in [0, 0.05) is 18.8 Å². The number of aliphatic carboxylic acids is 1. The van der Waals surface area contributed by atoms with Gasteiger partial charge in [0.15, 0.2) is 0 Å². The van der Waals surface area contributed by atoms with Gasteiger partial charge < -0.3 is 20.9 Å². The summed E-state index contributed by atoms with van der Waals surface area (Å²) in [6.07, 6.45) is 1.99. The lowest BCUT2D eigenvalue weighted by Crippen LogP contribution is -2.41. The number of nitrogens with one attached hydrogen (secondary N) is 1. The summed E-state index contributed by atoms with van der Waals surface area (Å²) in [5.41, 5.74) is 5.65. The molecule has 0 saturated carbocycles. The second-order valence-electron chi connectivity index (χ2n) is 3.97. The van der Waals surface area contributed by atoms with E-state index in [0.29, 0.717) is 0 Å². The number of nitrogens with two attached hydrogens (primary N) is 1. The minimum Gasteiger partial charge on any atom is -0.480 e.